The fraction of sp³-hybridized carbons (Fsp3) is 0.200. The molecule has 0 unspecified atom stereocenters. The van der Waals surface area contributed by atoms with Gasteiger partial charge in [0, 0.05) is 12.4 Å². The number of hydrogen-bond acceptors (Lipinski definition) is 4. The maximum Gasteiger partial charge on any atom is 0.246 e. The molecule has 1 fully saturated rings. The molecular formula is C5H6N4O. The van der Waals surface area contributed by atoms with Gasteiger partial charge < -0.3 is 0 Å². The van der Waals surface area contributed by atoms with Crippen LogP contribution in [0.1, 0.15) is 6.42 Å². The highest BCUT2D eigenvalue weighted by molar-refractivity contribution is 6.05. The molecule has 1 saturated heterocycles. The Hall–Kier alpha value is -1.52. The quantitative estimate of drug-likeness (QED) is 0.456. The Morgan fingerprint density at radius 2 is 2.60 bits per heavy atom. The first-order valence-electron chi connectivity index (χ1n) is 2.94. The van der Waals surface area contributed by atoms with E-state index in [1.165, 1.54) is 0 Å². The van der Waals surface area contributed by atoms with E-state index in [2.05, 4.69) is 16.0 Å². The van der Waals surface area contributed by atoms with Crippen molar-refractivity contribution in [1.82, 2.24) is 15.9 Å². The lowest BCUT2D eigenvalue weighted by atomic mass is 10.4. The third kappa shape index (κ3) is 0.637. The minimum atomic E-state index is -0.0212. The Morgan fingerprint density at radius 1 is 1.70 bits per heavy atom. The number of hydrazine groups is 1. The van der Waals surface area contributed by atoms with Gasteiger partial charge in [-0.15, -0.1) is 0 Å². The summed E-state index contributed by atoms with van der Waals surface area (Å²) in [4.78, 5) is 10.7. The lowest BCUT2D eigenvalue weighted by molar-refractivity contribution is -0.120. The molecule has 2 rings (SSSR count). The highest BCUT2D eigenvalue weighted by atomic mass is 16.2. The van der Waals surface area contributed by atoms with E-state index in [1.54, 1.807) is 17.4 Å². The van der Waals surface area contributed by atoms with Crippen molar-refractivity contribution in [3.63, 3.8) is 0 Å². The van der Waals surface area contributed by atoms with E-state index in [9.17, 15) is 4.79 Å². The summed E-state index contributed by atoms with van der Waals surface area (Å²) in [6.07, 6.45) is 3.72. The maximum absolute atomic E-state index is 10.7. The monoisotopic (exact) mass is 138 g/mol. The molecule has 0 aromatic heterocycles. The first-order chi connectivity index (χ1) is 4.86. The van der Waals surface area contributed by atoms with Crippen LogP contribution < -0.4 is 10.9 Å². The van der Waals surface area contributed by atoms with Crippen molar-refractivity contribution in [3.05, 3.63) is 12.4 Å². The van der Waals surface area contributed by atoms with Gasteiger partial charge in [0.25, 0.3) is 0 Å². The maximum atomic E-state index is 10.7. The molecule has 0 saturated carbocycles. The summed E-state index contributed by atoms with van der Waals surface area (Å²) in [7, 11) is 0. The number of amidine groups is 1. The molecule has 0 atom stereocenters. The van der Waals surface area contributed by atoms with E-state index >= 15 is 0 Å². The van der Waals surface area contributed by atoms with Crippen molar-refractivity contribution in [2.45, 2.75) is 6.42 Å². The molecule has 5 nitrogen and oxygen atoms in total. The second-order valence-electron chi connectivity index (χ2n) is 2.05. The summed E-state index contributed by atoms with van der Waals surface area (Å²) in [6.45, 7) is 0. The molecule has 10 heavy (non-hydrogen) atoms. The second-order valence-corrected chi connectivity index (χ2v) is 2.05. The van der Waals surface area contributed by atoms with Crippen LogP contribution >= 0.6 is 0 Å². The molecule has 0 aliphatic carbocycles. The summed E-state index contributed by atoms with van der Waals surface area (Å²) in [5.74, 6) is 0.694. The SMILES string of the molecule is O=C1CC2=NNC=CN2N1. The predicted octanol–water partition coefficient (Wildman–Crippen LogP) is -0.889. The first kappa shape index (κ1) is 5.28. The van der Waals surface area contributed by atoms with Gasteiger partial charge in [0.05, 0.1) is 6.42 Å². The van der Waals surface area contributed by atoms with Crippen LogP contribution in [0.3, 0.4) is 0 Å². The van der Waals surface area contributed by atoms with Crippen LogP contribution in [-0.4, -0.2) is 16.8 Å². The van der Waals surface area contributed by atoms with Gasteiger partial charge in [-0.05, 0) is 0 Å². The van der Waals surface area contributed by atoms with E-state index in [0.29, 0.717) is 12.3 Å². The van der Waals surface area contributed by atoms with Gasteiger partial charge in [0.2, 0.25) is 5.91 Å². The average molecular weight is 138 g/mol. The van der Waals surface area contributed by atoms with Crippen molar-refractivity contribution < 1.29 is 4.79 Å². The molecule has 5 heteroatoms. The highest BCUT2D eigenvalue weighted by Gasteiger charge is 2.24. The van der Waals surface area contributed by atoms with E-state index in [1.807, 2.05) is 0 Å². The minimum Gasteiger partial charge on any atom is -0.282 e. The van der Waals surface area contributed by atoms with Crippen molar-refractivity contribution in [2.75, 3.05) is 0 Å². The van der Waals surface area contributed by atoms with Gasteiger partial charge in [-0.1, -0.05) is 0 Å². The topological polar surface area (TPSA) is 56.7 Å². The summed E-state index contributed by atoms with van der Waals surface area (Å²) >= 11 is 0. The molecule has 2 aliphatic heterocycles. The zero-order chi connectivity index (χ0) is 6.97. The molecule has 2 N–H and O–H groups in total. The van der Waals surface area contributed by atoms with Crippen LogP contribution in [0.2, 0.25) is 0 Å². The smallest absolute Gasteiger partial charge is 0.246 e. The summed E-state index contributed by atoms with van der Waals surface area (Å²) in [5, 5.41) is 5.46. The normalized spacial score (nSPS) is 21.4. The predicted molar refractivity (Wildman–Crippen MR) is 34.3 cm³/mol. The van der Waals surface area contributed by atoms with E-state index in [-0.39, 0.29) is 5.91 Å². The van der Waals surface area contributed by atoms with Gasteiger partial charge >= 0.3 is 0 Å². The molecular weight excluding hydrogens is 132 g/mol. The molecule has 0 radical (unpaired) electrons. The molecule has 2 aliphatic rings. The van der Waals surface area contributed by atoms with Crippen LogP contribution in [-0.2, 0) is 4.79 Å². The van der Waals surface area contributed by atoms with Crippen LogP contribution in [0.15, 0.2) is 17.5 Å². The Morgan fingerprint density at radius 3 is 3.40 bits per heavy atom. The lowest BCUT2D eigenvalue weighted by Gasteiger charge is -2.14. The van der Waals surface area contributed by atoms with Crippen molar-refractivity contribution in [1.29, 1.82) is 0 Å². The zero-order valence-electron chi connectivity index (χ0n) is 5.16. The number of hydrogen-bond donors (Lipinski definition) is 2. The molecule has 1 amide bonds. The molecule has 52 valence electrons. The van der Waals surface area contributed by atoms with Gasteiger partial charge in [0.15, 0.2) is 5.84 Å². The Labute approximate surface area is 57.4 Å². The number of nitrogens with one attached hydrogen (secondary N) is 2. The molecule has 0 aromatic carbocycles. The molecule has 2 heterocycles. The van der Waals surface area contributed by atoms with Gasteiger partial charge in [-0.3, -0.25) is 15.6 Å². The standard InChI is InChI=1S/C5H6N4O/c10-5-3-4-7-6-1-2-9(4)8-5/h1-2,6H,3H2,(H,8,10). The van der Waals surface area contributed by atoms with Gasteiger partial charge in [0.1, 0.15) is 0 Å². The molecule has 0 aromatic rings. The lowest BCUT2D eigenvalue weighted by Crippen LogP contribution is -2.33. The fourth-order valence-corrected chi connectivity index (χ4v) is 0.904. The Balaban J connectivity index is 2.26. The largest absolute Gasteiger partial charge is 0.282 e. The van der Waals surface area contributed by atoms with E-state index in [0.717, 1.165) is 0 Å². The number of nitrogens with zero attached hydrogens (tertiary/aromatic N) is 2. The summed E-state index contributed by atoms with van der Waals surface area (Å²) in [5.41, 5.74) is 5.24. The number of fused-ring (bicyclic) bond motifs is 1. The summed E-state index contributed by atoms with van der Waals surface area (Å²) in [6, 6.07) is 0. The Kier molecular flexibility index (Phi) is 0.913. The first-order valence-corrected chi connectivity index (χ1v) is 2.94. The highest BCUT2D eigenvalue weighted by Crippen LogP contribution is 2.05. The summed E-state index contributed by atoms with van der Waals surface area (Å²) < 4.78 is 0. The average Bonchev–Trinajstić information content (AvgIpc) is 2.27. The van der Waals surface area contributed by atoms with Crippen LogP contribution in [0.5, 0.6) is 0 Å². The zero-order valence-corrected chi connectivity index (χ0v) is 5.16. The van der Waals surface area contributed by atoms with Crippen molar-refractivity contribution in [3.8, 4) is 0 Å². The number of carbonyl (C=O) groups excluding carboxylic acids is 1. The number of hydrazone groups is 1. The van der Waals surface area contributed by atoms with Crippen molar-refractivity contribution in [2.24, 2.45) is 5.10 Å². The number of rotatable bonds is 0. The fourth-order valence-electron chi connectivity index (χ4n) is 0.904. The van der Waals surface area contributed by atoms with E-state index < -0.39 is 0 Å². The number of amides is 1. The van der Waals surface area contributed by atoms with Crippen molar-refractivity contribution >= 4 is 11.7 Å². The molecule has 0 bridgehead atoms. The minimum absolute atomic E-state index is 0.0212. The van der Waals surface area contributed by atoms with Crippen LogP contribution in [0.25, 0.3) is 0 Å². The Bertz CT molecular complexity index is 232. The van der Waals surface area contributed by atoms with Crippen LogP contribution in [0.4, 0.5) is 0 Å². The third-order valence-corrected chi connectivity index (χ3v) is 1.33. The van der Waals surface area contributed by atoms with Crippen LogP contribution in [0, 0.1) is 0 Å². The van der Waals surface area contributed by atoms with E-state index in [4.69, 9.17) is 0 Å². The third-order valence-electron chi connectivity index (χ3n) is 1.33. The van der Waals surface area contributed by atoms with Gasteiger partial charge in [-0.2, -0.15) is 5.10 Å². The molecule has 0 spiro atoms. The second kappa shape index (κ2) is 1.73. The van der Waals surface area contributed by atoms with Gasteiger partial charge in [-0.25, -0.2) is 5.01 Å². The number of carbonyl (C=O) groups is 1.